The number of hydrogen-bond acceptors (Lipinski definition) is 4. The number of ether oxygens (including phenoxy) is 1. The normalized spacial score (nSPS) is 62.9. The van der Waals surface area contributed by atoms with E-state index < -0.39 is 28.1 Å². The lowest BCUT2D eigenvalue weighted by atomic mass is 9.46. The minimum atomic E-state index is -1.53. The quantitative estimate of drug-likeness (QED) is 0.740. The lowest BCUT2D eigenvalue weighted by Gasteiger charge is -2.58. The van der Waals surface area contributed by atoms with E-state index in [0.29, 0.717) is 5.92 Å². The van der Waals surface area contributed by atoms with Crippen molar-refractivity contribution in [3.63, 3.8) is 0 Å². The fourth-order valence-corrected chi connectivity index (χ4v) is 8.47. The van der Waals surface area contributed by atoms with Crippen LogP contribution in [0.5, 0.6) is 0 Å². The molecule has 24 heavy (non-hydrogen) atoms. The van der Waals surface area contributed by atoms with Gasteiger partial charge < -0.3 is 9.84 Å². The molecule has 4 nitrogen and oxygen atoms in total. The maximum atomic E-state index is 13.9. The van der Waals surface area contributed by atoms with E-state index in [1.165, 1.54) is 0 Å². The third-order valence-corrected chi connectivity index (χ3v) is 8.98. The Kier molecular flexibility index (Phi) is 2.47. The van der Waals surface area contributed by atoms with Crippen LogP contribution in [0.4, 0.5) is 0 Å². The van der Waals surface area contributed by atoms with E-state index in [1.807, 2.05) is 27.7 Å². The lowest BCUT2D eigenvalue weighted by molar-refractivity contribution is -0.221. The minimum Gasteiger partial charge on any atom is -0.381 e. The number of rotatable bonds is 0. The average molecular weight is 332 g/mol. The maximum absolute atomic E-state index is 13.9. The maximum Gasteiger partial charge on any atom is 0.195 e. The summed E-state index contributed by atoms with van der Waals surface area (Å²) >= 11 is 0. The van der Waals surface area contributed by atoms with E-state index in [2.05, 4.69) is 6.92 Å². The fraction of sp³-hybridized carbons (Fsp3) is 0.900. The number of hydrogen-bond donors (Lipinski definition) is 1. The third kappa shape index (κ3) is 1.12. The molecule has 5 fully saturated rings. The Hall–Kier alpha value is -0.740. The van der Waals surface area contributed by atoms with E-state index in [1.54, 1.807) is 0 Å². The Labute approximate surface area is 143 Å². The zero-order valence-electron chi connectivity index (χ0n) is 15.3. The molecule has 0 radical (unpaired) electrons. The van der Waals surface area contributed by atoms with Crippen LogP contribution in [0.3, 0.4) is 0 Å². The molecule has 1 spiro atoms. The van der Waals surface area contributed by atoms with Crippen LogP contribution in [-0.2, 0) is 14.3 Å². The van der Waals surface area contributed by atoms with E-state index in [-0.39, 0.29) is 35.2 Å². The minimum absolute atomic E-state index is 0.0261. The Morgan fingerprint density at radius 2 is 1.75 bits per heavy atom. The van der Waals surface area contributed by atoms with Gasteiger partial charge in [-0.2, -0.15) is 0 Å². The highest BCUT2D eigenvalue weighted by Gasteiger charge is 2.90. The number of Topliss-reactive ketones (excluding diaryl/α,β-unsaturated/α-hetero) is 2. The topological polar surface area (TPSA) is 63.6 Å². The van der Waals surface area contributed by atoms with Crippen molar-refractivity contribution in [2.75, 3.05) is 0 Å². The zero-order chi connectivity index (χ0) is 17.4. The largest absolute Gasteiger partial charge is 0.381 e. The summed E-state index contributed by atoms with van der Waals surface area (Å²) < 4.78 is 6.20. The van der Waals surface area contributed by atoms with Gasteiger partial charge in [-0.1, -0.05) is 13.8 Å². The number of carbonyl (C=O) groups is 2. The lowest BCUT2D eigenvalue weighted by Crippen LogP contribution is -2.74. The van der Waals surface area contributed by atoms with Crippen molar-refractivity contribution in [2.45, 2.75) is 71.2 Å². The second-order valence-corrected chi connectivity index (χ2v) is 10.1. The van der Waals surface area contributed by atoms with Crippen molar-refractivity contribution in [3.8, 4) is 0 Å². The molecule has 1 N–H and O–H groups in total. The van der Waals surface area contributed by atoms with Gasteiger partial charge in [-0.15, -0.1) is 0 Å². The van der Waals surface area contributed by atoms with Crippen LogP contribution >= 0.6 is 0 Å². The van der Waals surface area contributed by atoms with Crippen molar-refractivity contribution in [1.29, 1.82) is 0 Å². The number of carbonyl (C=O) groups excluding carboxylic acids is 2. The molecule has 4 heteroatoms. The molecule has 9 atom stereocenters. The molecule has 0 aromatic rings. The van der Waals surface area contributed by atoms with Gasteiger partial charge in [0.15, 0.2) is 11.6 Å². The second-order valence-electron chi connectivity index (χ2n) is 10.1. The van der Waals surface area contributed by atoms with Crippen molar-refractivity contribution in [2.24, 2.45) is 40.4 Å². The van der Waals surface area contributed by atoms with Gasteiger partial charge in [-0.05, 0) is 63.7 Å². The molecule has 1 saturated heterocycles. The monoisotopic (exact) mass is 332 g/mol. The molecule has 2 bridgehead atoms. The standard InChI is InChI=1S/C20H28O4/c1-9-8-12-13-17(3,4)24-15-14(21)20(23)10(2)6-7-11(9)19(12,20)16(22)18(13,15)5/h9-13,15,23H,6-8H2,1-5H3. The highest BCUT2D eigenvalue weighted by molar-refractivity contribution is 6.12. The van der Waals surface area contributed by atoms with Gasteiger partial charge in [0, 0.05) is 5.92 Å². The highest BCUT2D eigenvalue weighted by atomic mass is 16.5. The van der Waals surface area contributed by atoms with E-state index in [4.69, 9.17) is 4.74 Å². The van der Waals surface area contributed by atoms with Gasteiger partial charge in [-0.25, -0.2) is 0 Å². The Balaban J connectivity index is 1.87. The average Bonchev–Trinajstić information content (AvgIpc) is 2.96. The molecule has 0 amide bonds. The molecule has 4 aliphatic carbocycles. The first-order valence-electron chi connectivity index (χ1n) is 9.55. The third-order valence-electron chi connectivity index (χ3n) is 8.98. The molecule has 132 valence electrons. The first-order valence-corrected chi connectivity index (χ1v) is 9.55. The first kappa shape index (κ1) is 15.5. The Morgan fingerprint density at radius 3 is 2.42 bits per heavy atom. The van der Waals surface area contributed by atoms with Crippen LogP contribution in [0, 0.1) is 40.4 Å². The molecule has 0 aromatic carbocycles. The van der Waals surface area contributed by atoms with Gasteiger partial charge in [0.2, 0.25) is 0 Å². The fourth-order valence-electron chi connectivity index (χ4n) is 8.47. The van der Waals surface area contributed by atoms with Crippen LogP contribution in [-0.4, -0.2) is 34.0 Å². The van der Waals surface area contributed by atoms with Crippen molar-refractivity contribution >= 4 is 11.6 Å². The summed E-state index contributed by atoms with van der Waals surface area (Å²) in [5.41, 5.74) is -3.64. The molecule has 0 aromatic heterocycles. The van der Waals surface area contributed by atoms with E-state index in [0.717, 1.165) is 19.3 Å². The predicted octanol–water partition coefficient (Wildman–Crippen LogP) is 2.37. The van der Waals surface area contributed by atoms with Crippen LogP contribution in [0.25, 0.3) is 0 Å². The molecular formula is C20H28O4. The molecule has 4 saturated carbocycles. The SMILES string of the molecule is CC1CC2C3C(C)(C)OC4C(=O)C5(O)C(C)CCC1C25C(=O)C43C. The molecule has 1 heterocycles. The van der Waals surface area contributed by atoms with E-state index >= 15 is 0 Å². The van der Waals surface area contributed by atoms with Gasteiger partial charge in [0.05, 0.1) is 16.4 Å². The van der Waals surface area contributed by atoms with Gasteiger partial charge in [0.25, 0.3) is 0 Å². The van der Waals surface area contributed by atoms with Crippen molar-refractivity contribution in [1.82, 2.24) is 0 Å². The molecule has 5 aliphatic rings. The smallest absolute Gasteiger partial charge is 0.195 e. The van der Waals surface area contributed by atoms with Gasteiger partial charge >= 0.3 is 0 Å². The number of ketones is 2. The predicted molar refractivity (Wildman–Crippen MR) is 87.1 cm³/mol. The highest BCUT2D eigenvalue weighted by Crippen LogP contribution is 2.79. The van der Waals surface area contributed by atoms with Crippen LogP contribution in [0.1, 0.15) is 53.9 Å². The summed E-state index contributed by atoms with van der Waals surface area (Å²) in [6.07, 6.45) is 1.92. The Morgan fingerprint density at radius 1 is 1.08 bits per heavy atom. The van der Waals surface area contributed by atoms with Crippen molar-refractivity contribution in [3.05, 3.63) is 0 Å². The van der Waals surface area contributed by atoms with Crippen LogP contribution < -0.4 is 0 Å². The van der Waals surface area contributed by atoms with E-state index in [9.17, 15) is 14.7 Å². The Bertz CT molecular complexity index is 683. The van der Waals surface area contributed by atoms with Crippen LogP contribution in [0.2, 0.25) is 0 Å². The van der Waals surface area contributed by atoms with Gasteiger partial charge in [-0.3, -0.25) is 9.59 Å². The summed E-state index contributed by atoms with van der Waals surface area (Å²) in [5.74, 6) is 0.376. The number of aliphatic hydroxyl groups is 1. The summed E-state index contributed by atoms with van der Waals surface area (Å²) in [6.45, 7) is 10.2. The van der Waals surface area contributed by atoms with Crippen molar-refractivity contribution < 1.29 is 19.4 Å². The van der Waals surface area contributed by atoms with Crippen LogP contribution in [0.15, 0.2) is 0 Å². The van der Waals surface area contributed by atoms with Gasteiger partial charge in [0.1, 0.15) is 11.7 Å². The summed E-state index contributed by atoms with van der Waals surface area (Å²) in [7, 11) is 0. The molecular weight excluding hydrogens is 304 g/mol. The second kappa shape index (κ2) is 3.83. The number of fused-ring (bicyclic) bond motifs is 1. The molecule has 5 rings (SSSR count). The first-order chi connectivity index (χ1) is 11.1. The molecule has 1 aliphatic heterocycles. The summed E-state index contributed by atoms with van der Waals surface area (Å²) in [4.78, 5) is 27.5. The summed E-state index contributed by atoms with van der Waals surface area (Å²) in [6, 6.07) is 0. The zero-order valence-corrected chi connectivity index (χ0v) is 15.3. The summed E-state index contributed by atoms with van der Waals surface area (Å²) in [5, 5.41) is 11.8. The molecule has 9 unspecified atom stereocenters.